The summed E-state index contributed by atoms with van der Waals surface area (Å²) in [6.07, 6.45) is 3.00. The molecule has 0 spiro atoms. The minimum atomic E-state index is -3.43. The summed E-state index contributed by atoms with van der Waals surface area (Å²) in [6, 6.07) is 17.0. The average molecular weight is 981 g/mol. The third-order valence-electron chi connectivity index (χ3n) is 11.4. The van der Waals surface area contributed by atoms with Crippen LogP contribution in [0.25, 0.3) is 0 Å². The van der Waals surface area contributed by atoms with Gasteiger partial charge in [-0.3, -0.25) is 29.7 Å². The molecule has 0 amide bonds. The Bertz CT molecular complexity index is 1950. The van der Waals surface area contributed by atoms with E-state index in [2.05, 4.69) is 0 Å². The van der Waals surface area contributed by atoms with Gasteiger partial charge in [0.1, 0.15) is 30.7 Å². The van der Waals surface area contributed by atoms with E-state index in [9.17, 15) is 51.1 Å². The largest absolute Gasteiger partial charge is 1.00 e. The van der Waals surface area contributed by atoms with Gasteiger partial charge in [0, 0.05) is 68.6 Å². The van der Waals surface area contributed by atoms with Crippen LogP contribution in [0.4, 0.5) is 17.6 Å². The zero-order valence-electron chi connectivity index (χ0n) is 39.5. The van der Waals surface area contributed by atoms with E-state index < -0.39 is 80.1 Å². The van der Waals surface area contributed by atoms with Gasteiger partial charge >= 0.3 is 54.6 Å². The smallest absolute Gasteiger partial charge is 1.00 e. The zero-order chi connectivity index (χ0) is 50.3. The monoisotopic (exact) mass is 980 g/mol. The first-order valence-corrected chi connectivity index (χ1v) is 23.3. The fraction of sp³-hybridized carbons (Fsp3) is 0.543. The van der Waals surface area contributed by atoms with Crippen LogP contribution in [0.2, 0.25) is 0 Å². The second-order valence-electron chi connectivity index (χ2n) is 15.9. The Balaban J connectivity index is 0.00000101. The van der Waals surface area contributed by atoms with Crippen molar-refractivity contribution in [2.45, 2.75) is 114 Å². The van der Waals surface area contributed by atoms with E-state index in [4.69, 9.17) is 43.9 Å². The molecule has 3 unspecified atom stereocenters. The molecular weight excluding hydrogens is 922 g/mol. The van der Waals surface area contributed by atoms with Gasteiger partial charge in [0.25, 0.3) is 0 Å². The maximum Gasteiger partial charge on any atom is 1.00 e. The maximum absolute atomic E-state index is 14.0. The number of hydrogen-bond acceptors (Lipinski definition) is 16. The van der Waals surface area contributed by atoms with Crippen LogP contribution in [0.5, 0.6) is 0 Å². The summed E-state index contributed by atoms with van der Waals surface area (Å²) in [6.45, 7) is 5.27. The second-order valence-corrected chi connectivity index (χ2v) is 17.8. The van der Waals surface area contributed by atoms with Crippen molar-refractivity contribution in [3.05, 3.63) is 93.9 Å². The molecule has 2 aromatic rings. The Labute approximate surface area is 405 Å². The first-order chi connectivity index (χ1) is 31.9. The minimum Gasteiger partial charge on any atom is -1.00 e. The predicted molar refractivity (Wildman–Crippen MR) is 235 cm³/mol. The van der Waals surface area contributed by atoms with Crippen molar-refractivity contribution in [3.63, 3.8) is 0 Å². The van der Waals surface area contributed by atoms with Crippen LogP contribution in [0.15, 0.2) is 72.8 Å². The molecule has 2 aliphatic carbocycles. The SMILES string of the molecule is CCCCC(F)(F)C(=O)/C=C/[C@H]1[C@H](OC(=O)c2ccccc2)CC2OC(=O)C[C@@H]21.CCCCC(F)(F)C(=O)CP(C)OC.O=C[C@H]1[C@H](OC(=O)c2ccccc2)CC2OC(=O)C[C@@H]21.O=O.OO.[H-].[Li+]. The number of rotatable bonds is 18. The van der Waals surface area contributed by atoms with Crippen molar-refractivity contribution in [2.24, 2.45) is 23.7 Å². The van der Waals surface area contributed by atoms with Crippen molar-refractivity contribution < 1.29 is 105 Å². The van der Waals surface area contributed by atoms with Crippen LogP contribution < -0.4 is 18.9 Å². The molecule has 0 radical (unpaired) electrons. The molecule has 2 N–H and O–H groups in total. The van der Waals surface area contributed by atoms with E-state index in [-0.39, 0.29) is 88.4 Å². The predicted octanol–water partition coefficient (Wildman–Crippen LogP) is 5.73. The Hall–Kier alpha value is -4.70. The number of benzene rings is 2. The van der Waals surface area contributed by atoms with Gasteiger partial charge in [0.05, 0.1) is 36.0 Å². The summed E-state index contributed by atoms with van der Waals surface area (Å²) in [5, 5.41) is 12.0. The standard InChI is InChI=1S/C22H24F2O5.C15H14O5.C9H17F2O2P.Li.H2O2.O2.H/c1-2-3-11-22(23,24)19(25)10-9-15-16-12-20(26)28-18(16)13-17(15)29-21(27)14-7-5-4-6-8-14;16-8-11-10-6-14(17)19-12(10)7-13(11)20-15(18)9-4-2-1-3-5-9;1-4-5-6-9(10,11)8(12)7-14(3)13-2;;2*1-2;/h4-10,15-18H,2-3,11-13H2,1H3;1-5,8,10-13H,6-7H2;4-7H2,1-3H3;;1-2H;;/q;;;+1;;;-1/b10-9+;;;;;;/t15-,16-,17-,18?;10-,11-,12?,13-;;;;;/m11...../s1. The number of ether oxygens (including phenoxy) is 4. The van der Waals surface area contributed by atoms with E-state index in [0.717, 1.165) is 12.4 Å². The van der Waals surface area contributed by atoms with Gasteiger partial charge in [-0.15, -0.1) is 0 Å². The molecule has 6 rings (SSSR count). The summed E-state index contributed by atoms with van der Waals surface area (Å²) in [5.41, 5.74) is 0.817. The van der Waals surface area contributed by atoms with Crippen molar-refractivity contribution in [1.29, 1.82) is 0 Å². The molecule has 16 nitrogen and oxygen atoms in total. The molecule has 2 aliphatic heterocycles. The van der Waals surface area contributed by atoms with Crippen LogP contribution in [-0.2, 0) is 47.4 Å². The maximum atomic E-state index is 14.0. The number of aldehydes is 1. The molecule has 4 aliphatic rings. The average Bonchev–Trinajstić information content (AvgIpc) is 4.06. The Morgan fingerprint density at radius 1 is 0.750 bits per heavy atom. The van der Waals surface area contributed by atoms with E-state index in [1.165, 1.54) is 13.2 Å². The summed E-state index contributed by atoms with van der Waals surface area (Å²) in [7, 11) is 0.407. The molecule has 0 aromatic heterocycles. The second kappa shape index (κ2) is 30.7. The number of hydrogen-bond donors (Lipinski definition) is 2. The number of unbranched alkanes of at least 4 members (excludes halogenated alkanes) is 2. The first-order valence-electron chi connectivity index (χ1n) is 21.4. The van der Waals surface area contributed by atoms with Crippen LogP contribution in [0.3, 0.4) is 0 Å². The van der Waals surface area contributed by atoms with Crippen molar-refractivity contribution in [3.8, 4) is 0 Å². The van der Waals surface area contributed by atoms with Gasteiger partial charge in [-0.1, -0.05) is 69.2 Å². The molecular formula is C46H58F4LiO16P. The third kappa shape index (κ3) is 18.3. The van der Waals surface area contributed by atoms with Crippen molar-refractivity contribution in [1.82, 2.24) is 0 Å². The number of ketones is 2. The van der Waals surface area contributed by atoms with Gasteiger partial charge in [0.2, 0.25) is 11.6 Å². The summed E-state index contributed by atoms with van der Waals surface area (Å²) in [4.78, 5) is 95.6. The van der Waals surface area contributed by atoms with Crippen LogP contribution in [0, 0.1) is 33.6 Å². The molecule has 22 heteroatoms. The summed E-state index contributed by atoms with van der Waals surface area (Å²) in [5.74, 6) is -11.9. The van der Waals surface area contributed by atoms with E-state index in [1.807, 2.05) is 13.0 Å². The van der Waals surface area contributed by atoms with E-state index >= 15 is 0 Å². The molecule has 372 valence electrons. The third-order valence-corrected chi connectivity index (χ3v) is 12.8. The van der Waals surface area contributed by atoms with Crippen molar-refractivity contribution >= 4 is 49.9 Å². The summed E-state index contributed by atoms with van der Waals surface area (Å²) >= 11 is 0. The zero-order valence-corrected chi connectivity index (χ0v) is 39.4. The topological polar surface area (TPSA) is 240 Å². The molecule has 2 heterocycles. The molecule has 2 saturated carbocycles. The molecule has 2 saturated heterocycles. The van der Waals surface area contributed by atoms with E-state index in [0.29, 0.717) is 36.8 Å². The number of carbonyl (C=O) groups excluding carboxylic acids is 7. The quantitative estimate of drug-likeness (QED) is 0.0209. The van der Waals surface area contributed by atoms with Crippen molar-refractivity contribution in [2.75, 3.05) is 19.9 Å². The number of esters is 4. The number of alkyl halides is 4. The van der Waals surface area contributed by atoms with Crippen LogP contribution >= 0.6 is 8.15 Å². The fourth-order valence-corrected chi connectivity index (χ4v) is 8.59. The number of fused-ring (bicyclic) bond motifs is 2. The molecule has 4 fully saturated rings. The number of halogens is 4. The minimum absolute atomic E-state index is 0. The molecule has 68 heavy (non-hydrogen) atoms. The number of allylic oxidation sites excluding steroid dienone is 1. The molecule has 0 bridgehead atoms. The Morgan fingerprint density at radius 2 is 1.16 bits per heavy atom. The fourth-order valence-electron chi connectivity index (χ4n) is 7.82. The molecule has 2 aromatic carbocycles. The van der Waals surface area contributed by atoms with Gasteiger partial charge in [-0.05, 0) is 49.8 Å². The normalized spacial score (nSPS) is 23.6. The Kier molecular flexibility index (Phi) is 27.7. The molecule has 9 atom stereocenters. The first kappa shape index (κ1) is 61.3. The van der Waals surface area contributed by atoms with Gasteiger partial charge < -0.3 is 29.7 Å². The number of carbonyl (C=O) groups is 7. The Morgan fingerprint density at radius 3 is 1.57 bits per heavy atom. The number of Topliss-reactive ketones (excluding diaryl/α,β-unsaturated/α-hetero) is 1. The van der Waals surface area contributed by atoms with Gasteiger partial charge in [-0.2, -0.15) is 17.6 Å². The van der Waals surface area contributed by atoms with Crippen LogP contribution in [0.1, 0.15) is 100 Å². The van der Waals surface area contributed by atoms with Crippen LogP contribution in [-0.4, -0.2) is 108 Å². The summed E-state index contributed by atoms with van der Waals surface area (Å²) < 4.78 is 80.4. The van der Waals surface area contributed by atoms with Gasteiger partial charge in [-0.25, -0.2) is 9.59 Å². The van der Waals surface area contributed by atoms with Gasteiger partial charge in [0.15, 0.2) is 0 Å². The van der Waals surface area contributed by atoms with E-state index in [1.54, 1.807) is 68.2 Å².